The monoisotopic (exact) mass is 374 g/mol. The van der Waals surface area contributed by atoms with E-state index in [0.717, 1.165) is 66.8 Å². The number of amides is 1. The number of hydrogen-bond donors (Lipinski definition) is 1. The van der Waals surface area contributed by atoms with Crippen LogP contribution >= 0.6 is 0 Å². The average molecular weight is 374 g/mol. The summed E-state index contributed by atoms with van der Waals surface area (Å²) in [5, 5.41) is 3.47. The van der Waals surface area contributed by atoms with Crippen molar-refractivity contribution < 1.29 is 9.59 Å². The Labute approximate surface area is 165 Å². The third-order valence-corrected chi connectivity index (χ3v) is 6.77. The van der Waals surface area contributed by atoms with E-state index in [1.807, 2.05) is 41.3 Å². The molecule has 2 fully saturated rings. The maximum atomic E-state index is 13.0. The summed E-state index contributed by atoms with van der Waals surface area (Å²) in [6.45, 7) is 3.85. The number of benzene rings is 2. The summed E-state index contributed by atoms with van der Waals surface area (Å²) in [7, 11) is 0. The van der Waals surface area contributed by atoms with Gasteiger partial charge in [-0.25, -0.2) is 0 Å². The van der Waals surface area contributed by atoms with Crippen LogP contribution in [0.4, 0.5) is 0 Å². The van der Waals surface area contributed by atoms with Crippen molar-refractivity contribution in [3.8, 4) is 11.1 Å². The number of rotatable bonds is 2. The first-order chi connectivity index (χ1) is 13.6. The van der Waals surface area contributed by atoms with Crippen molar-refractivity contribution >= 4 is 11.7 Å². The third kappa shape index (κ3) is 3.06. The highest BCUT2D eigenvalue weighted by molar-refractivity contribution is 6.01. The van der Waals surface area contributed by atoms with Gasteiger partial charge in [-0.05, 0) is 61.1 Å². The maximum Gasteiger partial charge on any atom is 0.253 e. The molecule has 1 atom stereocenters. The molecule has 1 spiro atoms. The number of carbonyl (C=O) groups excluding carboxylic acids is 2. The van der Waals surface area contributed by atoms with E-state index in [4.69, 9.17) is 0 Å². The highest BCUT2D eigenvalue weighted by Gasteiger charge is 2.39. The fourth-order valence-corrected chi connectivity index (χ4v) is 5.15. The van der Waals surface area contributed by atoms with Gasteiger partial charge >= 0.3 is 0 Å². The second kappa shape index (κ2) is 6.85. The Balaban J connectivity index is 1.34. The van der Waals surface area contributed by atoms with Gasteiger partial charge in [0.2, 0.25) is 0 Å². The number of nitrogens with zero attached hydrogens (tertiary/aromatic N) is 1. The zero-order chi connectivity index (χ0) is 19.1. The number of Topliss-reactive ketones (excluding diaryl/α,β-unsaturated/α-hetero) is 1. The van der Waals surface area contributed by atoms with E-state index in [0.29, 0.717) is 6.42 Å². The molecule has 5 rings (SSSR count). The van der Waals surface area contributed by atoms with Gasteiger partial charge in [-0.1, -0.05) is 30.3 Å². The first-order valence-electron chi connectivity index (χ1n) is 10.4. The summed E-state index contributed by atoms with van der Waals surface area (Å²) in [5.74, 6) is 0.399. The van der Waals surface area contributed by atoms with Gasteiger partial charge < -0.3 is 10.2 Å². The van der Waals surface area contributed by atoms with Crippen molar-refractivity contribution in [3.05, 3.63) is 59.2 Å². The smallest absolute Gasteiger partial charge is 0.253 e. The summed E-state index contributed by atoms with van der Waals surface area (Å²) >= 11 is 0. The van der Waals surface area contributed by atoms with Gasteiger partial charge in [-0.2, -0.15) is 0 Å². The Hall–Kier alpha value is -2.46. The van der Waals surface area contributed by atoms with E-state index in [2.05, 4.69) is 11.4 Å². The third-order valence-electron chi connectivity index (χ3n) is 6.77. The molecule has 2 heterocycles. The summed E-state index contributed by atoms with van der Waals surface area (Å²) in [6, 6.07) is 14.0. The SMILES string of the molecule is O=C1CCc2cc(-c3ccc(C(=O)N4CCC[C@@]5(CCNC5)C4)cc3)ccc21. The van der Waals surface area contributed by atoms with E-state index in [1.54, 1.807) is 0 Å². The van der Waals surface area contributed by atoms with Crippen LogP contribution in [0, 0.1) is 5.41 Å². The standard InChI is InChI=1S/C24H26N2O2/c27-22-9-7-20-14-19(6-8-21(20)22)17-2-4-18(5-3-17)23(28)26-13-1-10-24(16-26)11-12-25-15-24/h2-6,8,14,25H,1,7,9-13,15-16H2/t24-/m0/s1. The van der Waals surface area contributed by atoms with Gasteiger partial charge in [-0.15, -0.1) is 0 Å². The van der Waals surface area contributed by atoms with E-state index < -0.39 is 0 Å². The van der Waals surface area contributed by atoms with Crippen LogP contribution in [0.1, 0.15) is 52.0 Å². The molecule has 0 bridgehead atoms. The second-order valence-electron chi connectivity index (χ2n) is 8.63. The predicted octanol–water partition coefficient (Wildman–Crippen LogP) is 3.70. The van der Waals surface area contributed by atoms with Crippen LogP contribution in [0.2, 0.25) is 0 Å². The minimum absolute atomic E-state index is 0.150. The van der Waals surface area contributed by atoms with Crippen LogP contribution in [-0.4, -0.2) is 42.8 Å². The van der Waals surface area contributed by atoms with Gasteiger partial charge in [-0.3, -0.25) is 9.59 Å². The summed E-state index contributed by atoms with van der Waals surface area (Å²) in [5.41, 5.74) is 5.27. The van der Waals surface area contributed by atoms with Crippen molar-refractivity contribution in [3.63, 3.8) is 0 Å². The highest BCUT2D eigenvalue weighted by Crippen LogP contribution is 2.36. The quantitative estimate of drug-likeness (QED) is 0.872. The Morgan fingerprint density at radius 3 is 2.61 bits per heavy atom. The number of fused-ring (bicyclic) bond motifs is 1. The van der Waals surface area contributed by atoms with Gasteiger partial charge in [0.1, 0.15) is 0 Å². The topological polar surface area (TPSA) is 49.4 Å². The molecule has 2 aromatic carbocycles. The van der Waals surface area contributed by atoms with Crippen LogP contribution in [0.3, 0.4) is 0 Å². The number of carbonyl (C=O) groups is 2. The molecule has 2 saturated heterocycles. The Kier molecular flexibility index (Phi) is 4.31. The molecule has 28 heavy (non-hydrogen) atoms. The van der Waals surface area contributed by atoms with Crippen LogP contribution in [-0.2, 0) is 6.42 Å². The van der Waals surface area contributed by atoms with E-state index in [-0.39, 0.29) is 17.1 Å². The van der Waals surface area contributed by atoms with Crippen LogP contribution in [0.5, 0.6) is 0 Å². The first kappa shape index (κ1) is 17.6. The molecule has 3 aliphatic rings. The molecule has 0 unspecified atom stereocenters. The van der Waals surface area contributed by atoms with Gasteiger partial charge in [0.15, 0.2) is 5.78 Å². The fraction of sp³-hybridized carbons (Fsp3) is 0.417. The molecule has 4 nitrogen and oxygen atoms in total. The molecule has 2 aliphatic heterocycles. The number of piperidine rings is 1. The van der Waals surface area contributed by atoms with Crippen LogP contribution < -0.4 is 5.32 Å². The van der Waals surface area contributed by atoms with Gasteiger partial charge in [0, 0.05) is 42.6 Å². The summed E-state index contributed by atoms with van der Waals surface area (Å²) < 4.78 is 0. The van der Waals surface area contributed by atoms with Gasteiger partial charge in [0.05, 0.1) is 0 Å². The molecular weight excluding hydrogens is 348 g/mol. The lowest BCUT2D eigenvalue weighted by atomic mass is 9.79. The molecule has 0 aromatic heterocycles. The minimum atomic E-state index is 0.150. The molecule has 0 radical (unpaired) electrons. The molecular formula is C24H26N2O2. The maximum absolute atomic E-state index is 13.0. The van der Waals surface area contributed by atoms with Crippen LogP contribution in [0.25, 0.3) is 11.1 Å². The summed E-state index contributed by atoms with van der Waals surface area (Å²) in [6.07, 6.45) is 4.96. The van der Waals surface area contributed by atoms with Crippen molar-refractivity contribution in [2.24, 2.45) is 5.41 Å². The highest BCUT2D eigenvalue weighted by atomic mass is 16.2. The molecule has 1 N–H and O–H groups in total. The lowest BCUT2D eigenvalue weighted by Gasteiger charge is -2.40. The molecule has 0 saturated carbocycles. The number of ketones is 1. The van der Waals surface area contributed by atoms with Gasteiger partial charge in [0.25, 0.3) is 5.91 Å². The zero-order valence-electron chi connectivity index (χ0n) is 16.2. The number of likely N-dealkylation sites (tertiary alicyclic amines) is 1. The van der Waals surface area contributed by atoms with Crippen molar-refractivity contribution in [2.45, 2.75) is 32.1 Å². The largest absolute Gasteiger partial charge is 0.338 e. The predicted molar refractivity (Wildman–Crippen MR) is 110 cm³/mol. The fourth-order valence-electron chi connectivity index (χ4n) is 5.15. The first-order valence-corrected chi connectivity index (χ1v) is 10.4. The number of hydrogen-bond acceptors (Lipinski definition) is 3. The van der Waals surface area contributed by atoms with Crippen molar-refractivity contribution in [2.75, 3.05) is 26.2 Å². The minimum Gasteiger partial charge on any atom is -0.338 e. The van der Waals surface area contributed by atoms with E-state index in [1.165, 1.54) is 12.8 Å². The van der Waals surface area contributed by atoms with E-state index >= 15 is 0 Å². The van der Waals surface area contributed by atoms with Crippen molar-refractivity contribution in [1.29, 1.82) is 0 Å². The molecule has 1 aliphatic carbocycles. The lowest BCUT2D eigenvalue weighted by Crippen LogP contribution is -2.47. The Bertz CT molecular complexity index is 926. The molecule has 1 amide bonds. The normalized spacial score (nSPS) is 24.0. The lowest BCUT2D eigenvalue weighted by molar-refractivity contribution is 0.0553. The average Bonchev–Trinajstić information content (AvgIpc) is 3.34. The zero-order valence-corrected chi connectivity index (χ0v) is 16.2. The molecule has 2 aromatic rings. The van der Waals surface area contributed by atoms with Crippen LogP contribution in [0.15, 0.2) is 42.5 Å². The summed E-state index contributed by atoms with van der Waals surface area (Å²) in [4.78, 5) is 26.9. The molecule has 4 heteroatoms. The Morgan fingerprint density at radius 1 is 1.00 bits per heavy atom. The number of nitrogens with one attached hydrogen (secondary N) is 1. The molecule has 144 valence electrons. The Morgan fingerprint density at radius 2 is 1.82 bits per heavy atom. The number of aryl methyl sites for hydroxylation is 1. The van der Waals surface area contributed by atoms with E-state index in [9.17, 15) is 9.59 Å². The van der Waals surface area contributed by atoms with Crippen molar-refractivity contribution in [1.82, 2.24) is 10.2 Å². The second-order valence-corrected chi connectivity index (χ2v) is 8.63.